The Bertz CT molecular complexity index is 779. The molecule has 20 heavy (non-hydrogen) atoms. The van der Waals surface area contributed by atoms with E-state index in [1.807, 2.05) is 26.0 Å². The normalized spacial score (nSPS) is 11.0. The Morgan fingerprint density at radius 1 is 1.20 bits per heavy atom. The fraction of sp³-hybridized carbons (Fsp3) is 0.154. The zero-order chi connectivity index (χ0) is 14.3. The summed E-state index contributed by atoms with van der Waals surface area (Å²) in [5.41, 5.74) is 2.72. The van der Waals surface area contributed by atoms with Gasteiger partial charge in [0.25, 0.3) is 0 Å². The number of hydrogen-bond acceptors (Lipinski definition) is 4. The van der Waals surface area contributed by atoms with Crippen molar-refractivity contribution in [3.05, 3.63) is 39.2 Å². The standard InChI is InChI=1S/C13H10BrClN4O/c1-6-3-8(4-7(2)10(6)14)20-12-9-5-16-19-11(9)17-13(15)18-12/h3-5H,1-2H3,(H,16,17,18,19). The molecule has 5 nitrogen and oxygen atoms in total. The van der Waals surface area contributed by atoms with Gasteiger partial charge in [-0.25, -0.2) is 0 Å². The van der Waals surface area contributed by atoms with Gasteiger partial charge < -0.3 is 4.74 Å². The molecular formula is C13H10BrClN4O. The maximum atomic E-state index is 5.88. The second-order valence-electron chi connectivity index (χ2n) is 4.40. The molecule has 3 rings (SSSR count). The second-order valence-corrected chi connectivity index (χ2v) is 5.53. The van der Waals surface area contributed by atoms with Gasteiger partial charge in [-0.3, -0.25) is 5.10 Å². The van der Waals surface area contributed by atoms with Gasteiger partial charge in [0.15, 0.2) is 5.65 Å². The monoisotopic (exact) mass is 352 g/mol. The van der Waals surface area contributed by atoms with E-state index in [0.29, 0.717) is 22.7 Å². The molecule has 0 aliphatic carbocycles. The van der Waals surface area contributed by atoms with Gasteiger partial charge in [-0.15, -0.1) is 0 Å². The van der Waals surface area contributed by atoms with Crippen LogP contribution in [0.2, 0.25) is 5.28 Å². The average Bonchev–Trinajstić information content (AvgIpc) is 2.84. The van der Waals surface area contributed by atoms with Crippen molar-refractivity contribution in [2.45, 2.75) is 13.8 Å². The summed E-state index contributed by atoms with van der Waals surface area (Å²) in [7, 11) is 0. The third-order valence-electron chi connectivity index (χ3n) is 2.87. The number of aromatic nitrogens is 4. The maximum absolute atomic E-state index is 5.88. The van der Waals surface area contributed by atoms with E-state index in [2.05, 4.69) is 36.1 Å². The van der Waals surface area contributed by atoms with Gasteiger partial charge in [0.1, 0.15) is 11.1 Å². The van der Waals surface area contributed by atoms with E-state index >= 15 is 0 Å². The molecule has 0 atom stereocenters. The summed E-state index contributed by atoms with van der Waals surface area (Å²) in [6, 6.07) is 3.86. The number of aromatic amines is 1. The topological polar surface area (TPSA) is 63.7 Å². The van der Waals surface area contributed by atoms with Crippen LogP contribution in [0.5, 0.6) is 11.6 Å². The molecule has 0 aliphatic rings. The lowest BCUT2D eigenvalue weighted by Gasteiger charge is -2.09. The van der Waals surface area contributed by atoms with Crippen molar-refractivity contribution in [3.63, 3.8) is 0 Å². The number of benzene rings is 1. The molecule has 0 radical (unpaired) electrons. The largest absolute Gasteiger partial charge is 0.438 e. The summed E-state index contributed by atoms with van der Waals surface area (Å²) in [6.07, 6.45) is 1.61. The van der Waals surface area contributed by atoms with Crippen LogP contribution in [0.1, 0.15) is 11.1 Å². The second kappa shape index (κ2) is 5.03. The van der Waals surface area contributed by atoms with E-state index in [9.17, 15) is 0 Å². The fourth-order valence-corrected chi connectivity index (χ4v) is 2.33. The summed E-state index contributed by atoms with van der Waals surface area (Å²) >= 11 is 9.40. The highest BCUT2D eigenvalue weighted by molar-refractivity contribution is 9.10. The first-order valence-corrected chi connectivity index (χ1v) is 7.03. The molecule has 7 heteroatoms. The number of aryl methyl sites for hydroxylation is 2. The van der Waals surface area contributed by atoms with E-state index in [1.54, 1.807) is 6.20 Å². The number of rotatable bonds is 2. The van der Waals surface area contributed by atoms with Gasteiger partial charge in [0.2, 0.25) is 11.2 Å². The number of hydrogen-bond donors (Lipinski definition) is 1. The Kier molecular flexibility index (Phi) is 3.35. The van der Waals surface area contributed by atoms with Crippen molar-refractivity contribution in [1.29, 1.82) is 0 Å². The zero-order valence-electron chi connectivity index (χ0n) is 10.7. The zero-order valence-corrected chi connectivity index (χ0v) is 13.1. The van der Waals surface area contributed by atoms with Crippen molar-refractivity contribution >= 4 is 38.6 Å². The highest BCUT2D eigenvalue weighted by Gasteiger charge is 2.12. The molecule has 2 aromatic heterocycles. The van der Waals surface area contributed by atoms with Crippen LogP contribution in [-0.2, 0) is 0 Å². The van der Waals surface area contributed by atoms with Crippen molar-refractivity contribution in [2.24, 2.45) is 0 Å². The van der Waals surface area contributed by atoms with Crippen LogP contribution >= 0.6 is 27.5 Å². The van der Waals surface area contributed by atoms with E-state index in [1.165, 1.54) is 0 Å². The van der Waals surface area contributed by atoms with Gasteiger partial charge in [-0.1, -0.05) is 15.9 Å². The molecule has 0 unspecified atom stereocenters. The Hall–Kier alpha value is -1.66. The molecule has 0 fully saturated rings. The molecule has 0 aliphatic heterocycles. The van der Waals surface area contributed by atoms with Gasteiger partial charge >= 0.3 is 0 Å². The molecule has 1 aromatic carbocycles. The van der Waals surface area contributed by atoms with Gasteiger partial charge in [-0.05, 0) is 48.7 Å². The summed E-state index contributed by atoms with van der Waals surface area (Å²) in [6.45, 7) is 4.01. The number of H-pyrrole nitrogens is 1. The number of nitrogens with one attached hydrogen (secondary N) is 1. The predicted molar refractivity (Wildman–Crippen MR) is 80.4 cm³/mol. The van der Waals surface area contributed by atoms with Gasteiger partial charge in [-0.2, -0.15) is 15.1 Å². The summed E-state index contributed by atoms with van der Waals surface area (Å²) in [4.78, 5) is 8.15. The van der Waals surface area contributed by atoms with E-state index in [-0.39, 0.29) is 5.28 Å². The number of nitrogens with zero attached hydrogens (tertiary/aromatic N) is 3. The molecule has 3 aromatic rings. The van der Waals surface area contributed by atoms with E-state index in [4.69, 9.17) is 16.3 Å². The van der Waals surface area contributed by atoms with Crippen molar-refractivity contribution in [1.82, 2.24) is 20.2 Å². The van der Waals surface area contributed by atoms with Crippen LogP contribution in [0, 0.1) is 13.8 Å². The van der Waals surface area contributed by atoms with E-state index in [0.717, 1.165) is 15.6 Å². The molecule has 0 spiro atoms. The minimum Gasteiger partial charge on any atom is -0.438 e. The molecule has 0 saturated carbocycles. The Labute approximate surface area is 128 Å². The van der Waals surface area contributed by atoms with Crippen LogP contribution in [0.4, 0.5) is 0 Å². The number of ether oxygens (including phenoxy) is 1. The van der Waals surface area contributed by atoms with Crippen LogP contribution < -0.4 is 4.74 Å². The Balaban J connectivity index is 2.07. The number of halogens is 2. The van der Waals surface area contributed by atoms with Crippen molar-refractivity contribution < 1.29 is 4.74 Å². The fourth-order valence-electron chi connectivity index (χ4n) is 1.94. The lowest BCUT2D eigenvalue weighted by Crippen LogP contribution is -1.93. The van der Waals surface area contributed by atoms with Crippen LogP contribution in [0.3, 0.4) is 0 Å². The van der Waals surface area contributed by atoms with Crippen LogP contribution in [0.25, 0.3) is 11.0 Å². The minimum atomic E-state index is 0.113. The minimum absolute atomic E-state index is 0.113. The average molecular weight is 354 g/mol. The summed E-state index contributed by atoms with van der Waals surface area (Å²) in [5.74, 6) is 1.08. The smallest absolute Gasteiger partial charge is 0.234 e. The molecular weight excluding hydrogens is 344 g/mol. The molecule has 0 bridgehead atoms. The predicted octanol–water partition coefficient (Wildman–Crippen LogP) is 4.18. The molecule has 0 amide bonds. The number of fused-ring (bicyclic) bond motifs is 1. The van der Waals surface area contributed by atoms with Gasteiger partial charge in [0, 0.05) is 4.47 Å². The van der Waals surface area contributed by atoms with Crippen molar-refractivity contribution in [2.75, 3.05) is 0 Å². The highest BCUT2D eigenvalue weighted by Crippen LogP contribution is 2.31. The SMILES string of the molecule is Cc1cc(Oc2nc(Cl)nc3[nH]ncc23)cc(C)c1Br. The summed E-state index contributed by atoms with van der Waals surface area (Å²) < 4.78 is 6.90. The molecule has 0 saturated heterocycles. The molecule has 102 valence electrons. The molecule has 2 heterocycles. The lowest BCUT2D eigenvalue weighted by atomic mass is 10.1. The van der Waals surface area contributed by atoms with Crippen LogP contribution in [0.15, 0.2) is 22.8 Å². The third kappa shape index (κ3) is 2.36. The molecule has 1 N–H and O–H groups in total. The van der Waals surface area contributed by atoms with Crippen LogP contribution in [-0.4, -0.2) is 20.2 Å². The van der Waals surface area contributed by atoms with Gasteiger partial charge in [0.05, 0.1) is 6.20 Å². The Morgan fingerprint density at radius 3 is 2.60 bits per heavy atom. The van der Waals surface area contributed by atoms with E-state index < -0.39 is 0 Å². The quantitative estimate of drug-likeness (QED) is 0.702. The first kappa shape index (κ1) is 13.3. The Morgan fingerprint density at radius 2 is 1.90 bits per heavy atom. The summed E-state index contributed by atoms with van der Waals surface area (Å²) in [5, 5.41) is 7.47. The highest BCUT2D eigenvalue weighted by atomic mass is 79.9. The first-order chi connectivity index (χ1) is 9.54. The third-order valence-corrected chi connectivity index (χ3v) is 4.29. The lowest BCUT2D eigenvalue weighted by molar-refractivity contribution is 0.467. The first-order valence-electron chi connectivity index (χ1n) is 5.86. The van der Waals surface area contributed by atoms with Crippen molar-refractivity contribution in [3.8, 4) is 11.6 Å². The maximum Gasteiger partial charge on any atom is 0.234 e.